The lowest BCUT2D eigenvalue weighted by atomic mass is 10.1. The van der Waals surface area contributed by atoms with E-state index in [-0.39, 0.29) is 36.1 Å². The monoisotopic (exact) mass is 428 g/mol. The summed E-state index contributed by atoms with van der Waals surface area (Å²) in [5, 5.41) is 5.03. The van der Waals surface area contributed by atoms with Crippen LogP contribution in [0.1, 0.15) is 45.4 Å². The van der Waals surface area contributed by atoms with E-state index < -0.39 is 11.9 Å². The highest BCUT2D eigenvalue weighted by molar-refractivity contribution is 7.18. The number of thiophene rings is 1. The maximum absolute atomic E-state index is 12.5. The number of hydrogen-bond acceptors (Lipinski definition) is 6. The van der Waals surface area contributed by atoms with E-state index in [1.165, 1.54) is 26.5 Å². The second kappa shape index (κ2) is 11.2. The van der Waals surface area contributed by atoms with Gasteiger partial charge in [0.05, 0.1) is 30.1 Å². The van der Waals surface area contributed by atoms with E-state index in [9.17, 15) is 14.4 Å². The fourth-order valence-corrected chi connectivity index (χ4v) is 4.76. The number of rotatable bonds is 11. The molecular weight excluding hydrogens is 396 g/mol. The number of ether oxygens (including phenoxy) is 2. The zero-order valence-electron chi connectivity index (χ0n) is 17.3. The number of esters is 1. The van der Waals surface area contributed by atoms with E-state index in [2.05, 4.69) is 12.2 Å². The average Bonchev–Trinajstić information content (AvgIpc) is 3.25. The number of nitrogens with two attached hydrogens (primary N) is 2. The van der Waals surface area contributed by atoms with Gasteiger partial charge in [0.2, 0.25) is 0 Å². The molecule has 1 aromatic rings. The first-order valence-corrected chi connectivity index (χ1v) is 10.8. The molecule has 0 aliphatic carbocycles. The number of likely N-dealkylation sites (tertiary alicyclic amines) is 1. The number of methoxy groups -OCH3 is 1. The number of hydrogen-bond donors (Lipinski definition) is 4. The molecule has 0 aromatic carbocycles. The van der Waals surface area contributed by atoms with Crippen molar-refractivity contribution in [3.05, 3.63) is 16.0 Å². The van der Waals surface area contributed by atoms with Crippen LogP contribution in [0.4, 0.5) is 5.00 Å². The zero-order chi connectivity index (χ0) is 21.4. The molecule has 1 aromatic heterocycles. The van der Waals surface area contributed by atoms with Crippen LogP contribution in [0.25, 0.3) is 0 Å². The van der Waals surface area contributed by atoms with Gasteiger partial charge in [-0.2, -0.15) is 0 Å². The lowest BCUT2D eigenvalue weighted by molar-refractivity contribution is -0.923. The Hall–Kier alpha value is -2.01. The Kier molecular flexibility index (Phi) is 9.02. The molecule has 2 heterocycles. The molecule has 0 saturated carbocycles. The van der Waals surface area contributed by atoms with Crippen molar-refractivity contribution in [3.63, 3.8) is 0 Å². The maximum Gasteiger partial charge on any atom is 0.341 e. The van der Waals surface area contributed by atoms with Crippen molar-refractivity contribution in [1.29, 1.82) is 0 Å². The third-order valence-electron chi connectivity index (χ3n) is 5.21. The smallest absolute Gasteiger partial charge is 0.341 e. The van der Waals surface area contributed by atoms with E-state index in [1.807, 2.05) is 5.32 Å². The first-order valence-electron chi connectivity index (χ1n) is 9.94. The topological polar surface area (TPSA) is 129 Å². The third kappa shape index (κ3) is 6.23. The van der Waals surface area contributed by atoms with Crippen LogP contribution in [0, 0.1) is 6.92 Å². The Morgan fingerprint density at radius 2 is 2.10 bits per heavy atom. The summed E-state index contributed by atoms with van der Waals surface area (Å²) in [6.07, 6.45) is 2.41. The first-order chi connectivity index (χ1) is 13.9. The standard InChI is InChI=1S/C19H30N4O5S/c1-4-23-7-5-6-13(23)10-21-11-14(24)22-18-15(19(26)28-9-8-27-3)12(2)16(29-18)17(20)25/h13,21H,4-11H2,1-3H3,(H2,20,25)(H,22,24)/p+2/t13-/m0/s1. The average molecular weight is 429 g/mol. The second-order valence-corrected chi connectivity index (χ2v) is 8.15. The molecule has 1 saturated heterocycles. The molecule has 1 aliphatic rings. The molecule has 0 bridgehead atoms. The van der Waals surface area contributed by atoms with Crippen molar-refractivity contribution in [3.8, 4) is 0 Å². The van der Waals surface area contributed by atoms with Gasteiger partial charge in [0.1, 0.15) is 24.2 Å². The molecule has 0 radical (unpaired) electrons. The summed E-state index contributed by atoms with van der Waals surface area (Å²) in [4.78, 5) is 38.4. The third-order valence-corrected chi connectivity index (χ3v) is 6.43. The molecule has 2 rings (SSSR count). The molecule has 162 valence electrons. The van der Waals surface area contributed by atoms with Crippen LogP contribution >= 0.6 is 11.3 Å². The highest BCUT2D eigenvalue weighted by Crippen LogP contribution is 2.33. The minimum Gasteiger partial charge on any atom is -0.460 e. The van der Waals surface area contributed by atoms with Crippen LogP contribution < -0.4 is 21.3 Å². The molecular formula is C19H32N4O5S+2. The van der Waals surface area contributed by atoms with Gasteiger partial charge in [-0.25, -0.2) is 4.79 Å². The van der Waals surface area contributed by atoms with Crippen molar-refractivity contribution in [2.75, 3.05) is 51.8 Å². The number of primary amides is 1. The lowest BCUT2D eigenvalue weighted by Gasteiger charge is -2.18. The van der Waals surface area contributed by atoms with Crippen molar-refractivity contribution >= 4 is 34.1 Å². The summed E-state index contributed by atoms with van der Waals surface area (Å²) in [7, 11) is 1.50. The second-order valence-electron chi connectivity index (χ2n) is 7.13. The van der Waals surface area contributed by atoms with Gasteiger partial charge in [-0.3, -0.25) is 9.59 Å². The zero-order valence-corrected chi connectivity index (χ0v) is 18.2. The van der Waals surface area contributed by atoms with Crippen LogP contribution in [0.15, 0.2) is 0 Å². The Morgan fingerprint density at radius 1 is 1.34 bits per heavy atom. The minimum atomic E-state index is -0.644. The van der Waals surface area contributed by atoms with Gasteiger partial charge >= 0.3 is 5.97 Å². The predicted molar refractivity (Wildman–Crippen MR) is 109 cm³/mol. The molecule has 6 N–H and O–H groups in total. The van der Waals surface area contributed by atoms with E-state index in [1.54, 1.807) is 11.8 Å². The molecule has 2 atom stereocenters. The summed E-state index contributed by atoms with van der Waals surface area (Å²) in [5.74, 6) is -1.49. The molecule has 9 nitrogen and oxygen atoms in total. The van der Waals surface area contributed by atoms with Crippen molar-refractivity contribution in [1.82, 2.24) is 0 Å². The van der Waals surface area contributed by atoms with Crippen LogP contribution in [-0.2, 0) is 14.3 Å². The van der Waals surface area contributed by atoms with Crippen LogP contribution in [0.5, 0.6) is 0 Å². The van der Waals surface area contributed by atoms with Gasteiger partial charge in [-0.05, 0) is 19.4 Å². The molecule has 1 unspecified atom stereocenters. The Morgan fingerprint density at radius 3 is 2.76 bits per heavy atom. The largest absolute Gasteiger partial charge is 0.460 e. The van der Waals surface area contributed by atoms with Crippen molar-refractivity contribution in [2.45, 2.75) is 32.7 Å². The number of amides is 2. The SMILES string of the molecule is CC[NH+]1CCC[C@H]1C[NH2+]CC(=O)Nc1sc(C(N)=O)c(C)c1C(=O)OCCOC. The number of nitrogens with one attached hydrogen (secondary N) is 2. The molecule has 10 heteroatoms. The molecule has 29 heavy (non-hydrogen) atoms. The first kappa shape index (κ1) is 23.3. The number of likely N-dealkylation sites (N-methyl/N-ethyl adjacent to an activating group) is 1. The molecule has 2 amide bonds. The van der Waals surface area contributed by atoms with E-state index in [0.717, 1.165) is 24.4 Å². The van der Waals surface area contributed by atoms with Gasteiger partial charge in [-0.15, -0.1) is 11.3 Å². The van der Waals surface area contributed by atoms with Crippen LogP contribution in [-0.4, -0.2) is 70.3 Å². The van der Waals surface area contributed by atoms with E-state index >= 15 is 0 Å². The van der Waals surface area contributed by atoms with Gasteiger partial charge in [0, 0.05) is 20.0 Å². The number of carbonyl (C=O) groups is 3. The van der Waals surface area contributed by atoms with Gasteiger partial charge < -0.3 is 30.7 Å². The summed E-state index contributed by atoms with van der Waals surface area (Å²) in [5.41, 5.74) is 5.99. The molecule has 1 aliphatic heterocycles. The fourth-order valence-electron chi connectivity index (χ4n) is 3.70. The highest BCUT2D eigenvalue weighted by atomic mass is 32.1. The Bertz CT molecular complexity index is 736. The van der Waals surface area contributed by atoms with Crippen LogP contribution in [0.3, 0.4) is 0 Å². The van der Waals surface area contributed by atoms with Crippen LogP contribution in [0.2, 0.25) is 0 Å². The highest BCUT2D eigenvalue weighted by Gasteiger charge is 2.29. The normalized spacial score (nSPS) is 18.6. The van der Waals surface area contributed by atoms with Gasteiger partial charge in [0.25, 0.3) is 11.8 Å². The molecule has 1 fully saturated rings. The Balaban J connectivity index is 2.00. The minimum absolute atomic E-state index is 0.0787. The van der Waals surface area contributed by atoms with Gasteiger partial charge in [0.15, 0.2) is 6.54 Å². The van der Waals surface area contributed by atoms with E-state index in [0.29, 0.717) is 16.6 Å². The summed E-state index contributed by atoms with van der Waals surface area (Å²) in [6, 6.07) is 0.574. The quantitative estimate of drug-likeness (QED) is 0.253. The predicted octanol–water partition coefficient (Wildman–Crippen LogP) is -1.47. The molecule has 0 spiro atoms. The summed E-state index contributed by atoms with van der Waals surface area (Å²) >= 11 is 0.996. The lowest BCUT2D eigenvalue weighted by Crippen LogP contribution is -3.16. The van der Waals surface area contributed by atoms with Gasteiger partial charge in [-0.1, -0.05) is 0 Å². The summed E-state index contributed by atoms with van der Waals surface area (Å²) < 4.78 is 10.0. The van der Waals surface area contributed by atoms with Crippen molar-refractivity contribution < 1.29 is 34.1 Å². The van der Waals surface area contributed by atoms with E-state index in [4.69, 9.17) is 15.2 Å². The number of carbonyl (C=O) groups excluding carboxylic acids is 3. The number of quaternary nitrogens is 2. The van der Waals surface area contributed by atoms with Crippen molar-refractivity contribution in [2.24, 2.45) is 5.73 Å². The summed E-state index contributed by atoms with van der Waals surface area (Å²) in [6.45, 7) is 7.56. The number of anilines is 1. The maximum atomic E-state index is 12.5. The fraction of sp³-hybridized carbons (Fsp3) is 0.632. The Labute approximate surface area is 174 Å².